The van der Waals surface area contributed by atoms with E-state index in [0.29, 0.717) is 5.75 Å². The summed E-state index contributed by atoms with van der Waals surface area (Å²) in [6.07, 6.45) is 0.898. The molecule has 4 rings (SSSR count). The van der Waals surface area contributed by atoms with E-state index in [2.05, 4.69) is 49.4 Å². The number of aromatic hydroxyl groups is 1. The third kappa shape index (κ3) is 2.64. The number of aryl methyl sites for hydroxylation is 1. The van der Waals surface area contributed by atoms with Crippen molar-refractivity contribution < 1.29 is 5.11 Å². The van der Waals surface area contributed by atoms with E-state index in [4.69, 9.17) is 4.99 Å². The van der Waals surface area contributed by atoms with Crippen LogP contribution in [0.4, 0.5) is 5.69 Å². The Kier molecular flexibility index (Phi) is 3.23. The topological polar surface area (TPSA) is 32.6 Å². The van der Waals surface area contributed by atoms with Gasteiger partial charge in [0.05, 0.1) is 11.4 Å². The lowest BCUT2D eigenvalue weighted by Gasteiger charge is -2.05. The molecule has 0 radical (unpaired) electrons. The Bertz CT molecular complexity index is 890. The molecule has 1 N–H and O–H groups in total. The van der Waals surface area contributed by atoms with Gasteiger partial charge in [0.25, 0.3) is 0 Å². The largest absolute Gasteiger partial charge is 0.508 e. The van der Waals surface area contributed by atoms with Crippen molar-refractivity contribution in [3.63, 3.8) is 0 Å². The zero-order valence-electron chi connectivity index (χ0n) is 13.0. The number of fused-ring (bicyclic) bond motifs is 1. The molecule has 3 aromatic carbocycles. The molecular weight excluding hydrogens is 282 g/mol. The molecule has 0 fully saturated rings. The van der Waals surface area contributed by atoms with E-state index >= 15 is 0 Å². The third-order valence-electron chi connectivity index (χ3n) is 4.27. The summed E-state index contributed by atoms with van der Waals surface area (Å²) >= 11 is 0. The van der Waals surface area contributed by atoms with Crippen LogP contribution in [0.2, 0.25) is 0 Å². The van der Waals surface area contributed by atoms with Crippen LogP contribution in [-0.2, 0) is 6.42 Å². The van der Waals surface area contributed by atoms with Crippen LogP contribution in [0.25, 0.3) is 11.1 Å². The van der Waals surface area contributed by atoms with Crippen molar-refractivity contribution in [2.24, 2.45) is 4.99 Å². The summed E-state index contributed by atoms with van der Waals surface area (Å²) in [7, 11) is 0. The van der Waals surface area contributed by atoms with Gasteiger partial charge < -0.3 is 5.11 Å². The molecule has 0 unspecified atom stereocenters. The minimum atomic E-state index is 0.290. The van der Waals surface area contributed by atoms with Gasteiger partial charge in [-0.15, -0.1) is 0 Å². The highest BCUT2D eigenvalue weighted by Gasteiger charge is 2.15. The van der Waals surface area contributed by atoms with Crippen LogP contribution in [0, 0.1) is 6.92 Å². The molecule has 0 amide bonds. The lowest BCUT2D eigenvalue weighted by Crippen LogP contribution is -2.00. The van der Waals surface area contributed by atoms with E-state index in [0.717, 1.165) is 28.9 Å². The number of phenolic OH excluding ortho intramolecular Hbond substituents is 1. The minimum Gasteiger partial charge on any atom is -0.508 e. The first-order chi connectivity index (χ1) is 11.2. The van der Waals surface area contributed by atoms with Crippen molar-refractivity contribution in [1.29, 1.82) is 0 Å². The van der Waals surface area contributed by atoms with Gasteiger partial charge >= 0.3 is 0 Å². The Morgan fingerprint density at radius 3 is 2.09 bits per heavy atom. The van der Waals surface area contributed by atoms with Gasteiger partial charge in [-0.2, -0.15) is 0 Å². The van der Waals surface area contributed by atoms with Crippen LogP contribution >= 0.6 is 0 Å². The minimum absolute atomic E-state index is 0.290. The van der Waals surface area contributed by atoms with Gasteiger partial charge in [0.1, 0.15) is 5.75 Å². The predicted octanol–water partition coefficient (Wildman–Crippen LogP) is 5.04. The standard InChI is InChI=1S/C21H17NO/c1-14-2-11-20-18(12-14)13-21(22-20)17-5-3-15(4-6-17)16-7-9-19(23)10-8-16/h2-12,23H,13H2,1H3. The monoisotopic (exact) mass is 299 g/mol. The fraction of sp³-hybridized carbons (Fsp3) is 0.0952. The number of hydrogen-bond acceptors (Lipinski definition) is 2. The highest BCUT2D eigenvalue weighted by molar-refractivity contribution is 6.06. The van der Waals surface area contributed by atoms with E-state index in [1.807, 2.05) is 12.1 Å². The highest BCUT2D eigenvalue weighted by Crippen LogP contribution is 2.30. The molecule has 2 heteroatoms. The Balaban J connectivity index is 1.61. The zero-order valence-corrected chi connectivity index (χ0v) is 13.0. The van der Waals surface area contributed by atoms with Gasteiger partial charge in [-0.25, -0.2) is 0 Å². The maximum Gasteiger partial charge on any atom is 0.115 e. The molecular formula is C21H17NO. The average Bonchev–Trinajstić information content (AvgIpc) is 2.99. The van der Waals surface area contributed by atoms with E-state index in [-0.39, 0.29) is 0 Å². The lowest BCUT2D eigenvalue weighted by molar-refractivity contribution is 0.475. The number of rotatable bonds is 2. The van der Waals surface area contributed by atoms with Crippen LogP contribution in [0.1, 0.15) is 16.7 Å². The molecule has 0 saturated heterocycles. The van der Waals surface area contributed by atoms with Crippen LogP contribution in [0.3, 0.4) is 0 Å². The molecule has 23 heavy (non-hydrogen) atoms. The summed E-state index contributed by atoms with van der Waals surface area (Å²) in [5.74, 6) is 0.290. The van der Waals surface area contributed by atoms with Gasteiger partial charge in [0.15, 0.2) is 0 Å². The maximum atomic E-state index is 9.38. The van der Waals surface area contributed by atoms with Crippen molar-refractivity contribution >= 4 is 11.4 Å². The Morgan fingerprint density at radius 1 is 0.783 bits per heavy atom. The molecule has 0 saturated carbocycles. The summed E-state index contributed by atoms with van der Waals surface area (Å²) in [5.41, 5.74) is 8.21. The van der Waals surface area contributed by atoms with Crippen molar-refractivity contribution in [2.45, 2.75) is 13.3 Å². The number of nitrogens with zero attached hydrogens (tertiary/aromatic N) is 1. The van der Waals surface area contributed by atoms with E-state index < -0.39 is 0 Å². The Hall–Kier alpha value is -2.87. The highest BCUT2D eigenvalue weighted by atomic mass is 16.3. The molecule has 0 aromatic heterocycles. The number of aliphatic imine (C=N–C) groups is 1. The SMILES string of the molecule is Cc1ccc2c(c1)CC(c1ccc(-c3ccc(O)cc3)cc1)=N2. The maximum absolute atomic E-state index is 9.38. The molecule has 0 aliphatic carbocycles. The first kappa shape index (κ1) is 13.8. The summed E-state index contributed by atoms with van der Waals surface area (Å²) in [4.78, 5) is 4.76. The molecule has 112 valence electrons. The zero-order chi connectivity index (χ0) is 15.8. The number of phenols is 1. The predicted molar refractivity (Wildman–Crippen MR) is 94.6 cm³/mol. The average molecular weight is 299 g/mol. The molecule has 1 heterocycles. The molecule has 0 spiro atoms. The second-order valence-electron chi connectivity index (χ2n) is 5.99. The second-order valence-corrected chi connectivity index (χ2v) is 5.99. The molecule has 1 aliphatic rings. The van der Waals surface area contributed by atoms with E-state index in [9.17, 15) is 5.11 Å². The quantitative estimate of drug-likeness (QED) is 0.706. The number of hydrogen-bond donors (Lipinski definition) is 1. The summed E-state index contributed by atoms with van der Waals surface area (Å²) in [6.45, 7) is 2.12. The van der Waals surface area contributed by atoms with E-state index in [1.54, 1.807) is 12.1 Å². The van der Waals surface area contributed by atoms with Crippen molar-refractivity contribution in [1.82, 2.24) is 0 Å². The van der Waals surface area contributed by atoms with Gasteiger partial charge in [0, 0.05) is 6.42 Å². The van der Waals surface area contributed by atoms with Gasteiger partial charge in [-0.1, -0.05) is 54.1 Å². The van der Waals surface area contributed by atoms with Gasteiger partial charge in [-0.05, 0) is 47.4 Å². The molecule has 0 bridgehead atoms. The lowest BCUT2D eigenvalue weighted by atomic mass is 9.99. The van der Waals surface area contributed by atoms with Gasteiger partial charge in [-0.3, -0.25) is 4.99 Å². The Labute approximate surface area is 135 Å². The van der Waals surface area contributed by atoms with Gasteiger partial charge in [0.2, 0.25) is 0 Å². The Morgan fingerprint density at radius 2 is 1.39 bits per heavy atom. The van der Waals surface area contributed by atoms with Crippen molar-refractivity contribution in [3.8, 4) is 16.9 Å². The van der Waals surface area contributed by atoms with Crippen LogP contribution in [-0.4, -0.2) is 10.8 Å². The summed E-state index contributed by atoms with van der Waals surface area (Å²) in [6, 6.07) is 22.2. The number of benzene rings is 3. The van der Waals surface area contributed by atoms with Crippen molar-refractivity contribution in [3.05, 3.63) is 83.4 Å². The third-order valence-corrected chi connectivity index (χ3v) is 4.27. The van der Waals surface area contributed by atoms with Crippen molar-refractivity contribution in [2.75, 3.05) is 0 Å². The summed E-state index contributed by atoms with van der Waals surface area (Å²) < 4.78 is 0. The normalized spacial score (nSPS) is 12.8. The van der Waals surface area contributed by atoms with Crippen LogP contribution in [0.5, 0.6) is 5.75 Å². The van der Waals surface area contributed by atoms with Crippen LogP contribution in [0.15, 0.2) is 71.7 Å². The molecule has 0 atom stereocenters. The molecule has 1 aliphatic heterocycles. The molecule has 2 nitrogen and oxygen atoms in total. The first-order valence-electron chi connectivity index (χ1n) is 7.76. The smallest absolute Gasteiger partial charge is 0.115 e. The van der Waals surface area contributed by atoms with Crippen LogP contribution < -0.4 is 0 Å². The second kappa shape index (κ2) is 5.40. The fourth-order valence-corrected chi connectivity index (χ4v) is 3.01. The first-order valence-corrected chi connectivity index (χ1v) is 7.76. The fourth-order valence-electron chi connectivity index (χ4n) is 3.01. The van der Waals surface area contributed by atoms with E-state index in [1.165, 1.54) is 16.7 Å². The molecule has 3 aromatic rings. The summed E-state index contributed by atoms with van der Waals surface area (Å²) in [5, 5.41) is 9.38.